The first kappa shape index (κ1) is 9.09. The lowest BCUT2D eigenvalue weighted by molar-refractivity contribution is 0.619. The smallest absolute Gasteiger partial charge is 0.223 e. The number of aryl methyl sites for hydroxylation is 1. The van der Waals surface area contributed by atoms with Gasteiger partial charge >= 0.3 is 0 Å². The van der Waals surface area contributed by atoms with E-state index in [1.165, 1.54) is 24.1 Å². The molecule has 1 aromatic rings. The number of hydrogen-bond donors (Lipinski definition) is 2. The third-order valence-electron chi connectivity index (χ3n) is 3.05. The lowest BCUT2D eigenvalue weighted by Gasteiger charge is -2.18. The Morgan fingerprint density at radius 1 is 1.33 bits per heavy atom. The fraction of sp³-hybridized carbons (Fsp3) is 0.636. The van der Waals surface area contributed by atoms with Crippen LogP contribution in [0.5, 0.6) is 0 Å². The summed E-state index contributed by atoms with van der Waals surface area (Å²) in [5.74, 6) is 0.817. The maximum Gasteiger partial charge on any atom is 0.223 e. The average molecular weight is 204 g/mol. The van der Waals surface area contributed by atoms with E-state index in [1.54, 1.807) is 0 Å². The Hall–Kier alpha value is -1.16. The zero-order valence-electron chi connectivity index (χ0n) is 9.01. The molecule has 2 aliphatic rings. The monoisotopic (exact) mass is 204 g/mol. The zero-order valence-corrected chi connectivity index (χ0v) is 9.01. The van der Waals surface area contributed by atoms with Crippen LogP contribution in [0.15, 0.2) is 0 Å². The molecule has 0 atom stereocenters. The molecule has 2 N–H and O–H groups in total. The van der Waals surface area contributed by atoms with Crippen molar-refractivity contribution in [1.82, 2.24) is 15.3 Å². The Balaban J connectivity index is 1.92. The number of nitrogens with zero attached hydrogens (tertiary/aromatic N) is 2. The largest absolute Gasteiger partial charge is 0.351 e. The van der Waals surface area contributed by atoms with Crippen molar-refractivity contribution in [2.24, 2.45) is 0 Å². The third kappa shape index (κ3) is 1.81. The highest BCUT2D eigenvalue weighted by atomic mass is 15.1. The number of hydrogen-bond acceptors (Lipinski definition) is 4. The van der Waals surface area contributed by atoms with E-state index in [2.05, 4.69) is 27.5 Å². The lowest BCUT2D eigenvalue weighted by Crippen LogP contribution is -2.26. The zero-order chi connectivity index (χ0) is 10.3. The van der Waals surface area contributed by atoms with Gasteiger partial charge in [0.15, 0.2) is 0 Å². The second kappa shape index (κ2) is 3.45. The Labute approximate surface area is 89.5 Å². The molecule has 1 aliphatic carbocycles. The second-order valence-electron chi connectivity index (χ2n) is 4.40. The van der Waals surface area contributed by atoms with Crippen LogP contribution in [0.2, 0.25) is 0 Å². The van der Waals surface area contributed by atoms with Crippen molar-refractivity contribution < 1.29 is 0 Å². The lowest BCUT2D eigenvalue weighted by atomic mass is 10.1. The number of aromatic nitrogens is 2. The summed E-state index contributed by atoms with van der Waals surface area (Å²) in [5, 5.41) is 6.70. The standard InChI is InChI=1S/C11H16N4/c1-7-9-4-5-12-6-10(9)15-11(13-7)14-8-2-3-8/h8,12H,2-6H2,1H3,(H,13,14,15). The first-order valence-electron chi connectivity index (χ1n) is 5.66. The van der Waals surface area contributed by atoms with E-state index in [9.17, 15) is 0 Å². The van der Waals surface area contributed by atoms with Gasteiger partial charge in [-0.2, -0.15) is 0 Å². The van der Waals surface area contributed by atoms with Crippen LogP contribution in [-0.2, 0) is 13.0 Å². The highest BCUT2D eigenvalue weighted by Crippen LogP contribution is 2.24. The summed E-state index contributed by atoms with van der Waals surface area (Å²) >= 11 is 0. The molecule has 0 saturated heterocycles. The van der Waals surface area contributed by atoms with Crippen molar-refractivity contribution in [3.8, 4) is 0 Å². The van der Waals surface area contributed by atoms with E-state index in [1.807, 2.05) is 0 Å². The van der Waals surface area contributed by atoms with E-state index in [-0.39, 0.29) is 0 Å². The van der Waals surface area contributed by atoms with E-state index < -0.39 is 0 Å². The van der Waals surface area contributed by atoms with E-state index in [0.29, 0.717) is 6.04 Å². The van der Waals surface area contributed by atoms with Crippen LogP contribution in [0.25, 0.3) is 0 Å². The van der Waals surface area contributed by atoms with Crippen LogP contribution in [0.4, 0.5) is 5.95 Å². The highest BCUT2D eigenvalue weighted by molar-refractivity contribution is 5.37. The molecule has 0 bridgehead atoms. The summed E-state index contributed by atoms with van der Waals surface area (Å²) < 4.78 is 0. The molecule has 0 spiro atoms. The maximum absolute atomic E-state index is 4.57. The van der Waals surface area contributed by atoms with E-state index in [0.717, 1.165) is 31.2 Å². The predicted molar refractivity (Wildman–Crippen MR) is 58.8 cm³/mol. The molecule has 1 aliphatic heterocycles. The van der Waals surface area contributed by atoms with Crippen molar-refractivity contribution in [2.75, 3.05) is 11.9 Å². The van der Waals surface area contributed by atoms with Gasteiger partial charge in [0.25, 0.3) is 0 Å². The van der Waals surface area contributed by atoms with Gasteiger partial charge in [-0.1, -0.05) is 0 Å². The average Bonchev–Trinajstić information content (AvgIpc) is 3.02. The van der Waals surface area contributed by atoms with Crippen LogP contribution >= 0.6 is 0 Å². The SMILES string of the molecule is Cc1nc(NC2CC2)nc2c1CCNC2. The summed E-state index contributed by atoms with van der Waals surface area (Å²) in [4.78, 5) is 9.09. The van der Waals surface area contributed by atoms with Crippen LogP contribution in [0.1, 0.15) is 29.8 Å². The molecule has 3 rings (SSSR count). The minimum Gasteiger partial charge on any atom is -0.351 e. The number of nitrogens with one attached hydrogen (secondary N) is 2. The molecule has 1 aromatic heterocycles. The van der Waals surface area contributed by atoms with Crippen molar-refractivity contribution in [3.05, 3.63) is 17.0 Å². The Morgan fingerprint density at radius 2 is 2.20 bits per heavy atom. The molecule has 2 heterocycles. The van der Waals surface area contributed by atoms with Gasteiger partial charge < -0.3 is 10.6 Å². The fourth-order valence-corrected chi connectivity index (χ4v) is 2.02. The summed E-state index contributed by atoms with van der Waals surface area (Å²) in [6, 6.07) is 0.624. The van der Waals surface area contributed by atoms with Gasteiger partial charge in [-0.05, 0) is 38.3 Å². The molecule has 0 unspecified atom stereocenters. The summed E-state index contributed by atoms with van der Waals surface area (Å²) in [5.41, 5.74) is 3.66. The van der Waals surface area contributed by atoms with Crippen LogP contribution in [0, 0.1) is 6.92 Å². The molecule has 0 aromatic carbocycles. The van der Waals surface area contributed by atoms with Gasteiger partial charge in [0.05, 0.1) is 5.69 Å². The first-order chi connectivity index (χ1) is 7.33. The fourth-order valence-electron chi connectivity index (χ4n) is 2.02. The summed E-state index contributed by atoms with van der Waals surface area (Å²) in [6.45, 7) is 4.02. The number of fused-ring (bicyclic) bond motifs is 1. The summed E-state index contributed by atoms with van der Waals surface area (Å²) in [7, 11) is 0. The van der Waals surface area contributed by atoms with Gasteiger partial charge in [-0.25, -0.2) is 9.97 Å². The van der Waals surface area contributed by atoms with Gasteiger partial charge in [0.2, 0.25) is 5.95 Å². The normalized spacial score (nSPS) is 19.8. The van der Waals surface area contributed by atoms with Crippen molar-refractivity contribution >= 4 is 5.95 Å². The molecule has 80 valence electrons. The molecule has 0 amide bonds. The molecular formula is C11H16N4. The maximum atomic E-state index is 4.57. The van der Waals surface area contributed by atoms with Crippen molar-refractivity contribution in [1.29, 1.82) is 0 Å². The Bertz CT molecular complexity index is 384. The van der Waals surface area contributed by atoms with Gasteiger partial charge in [0.1, 0.15) is 0 Å². The number of rotatable bonds is 2. The van der Waals surface area contributed by atoms with E-state index in [4.69, 9.17) is 0 Å². The van der Waals surface area contributed by atoms with Crippen LogP contribution in [0.3, 0.4) is 0 Å². The van der Waals surface area contributed by atoms with Crippen molar-refractivity contribution in [3.63, 3.8) is 0 Å². The Kier molecular flexibility index (Phi) is 2.09. The molecule has 4 nitrogen and oxygen atoms in total. The van der Waals surface area contributed by atoms with Gasteiger partial charge in [0, 0.05) is 18.3 Å². The van der Waals surface area contributed by atoms with Crippen LogP contribution < -0.4 is 10.6 Å². The molecule has 4 heteroatoms. The van der Waals surface area contributed by atoms with Crippen LogP contribution in [-0.4, -0.2) is 22.6 Å². The minimum atomic E-state index is 0.624. The van der Waals surface area contributed by atoms with E-state index >= 15 is 0 Å². The predicted octanol–water partition coefficient (Wildman–Crippen LogP) is 1.01. The van der Waals surface area contributed by atoms with Crippen molar-refractivity contribution in [2.45, 2.75) is 38.8 Å². The molecule has 0 radical (unpaired) electrons. The third-order valence-corrected chi connectivity index (χ3v) is 3.05. The minimum absolute atomic E-state index is 0.624. The molecule has 1 saturated carbocycles. The van der Waals surface area contributed by atoms with Gasteiger partial charge in [-0.3, -0.25) is 0 Å². The second-order valence-corrected chi connectivity index (χ2v) is 4.40. The topological polar surface area (TPSA) is 49.8 Å². The Morgan fingerprint density at radius 3 is 3.00 bits per heavy atom. The molecule has 1 fully saturated rings. The van der Waals surface area contributed by atoms with Gasteiger partial charge in [-0.15, -0.1) is 0 Å². The number of anilines is 1. The summed E-state index contributed by atoms with van der Waals surface area (Å²) in [6.07, 6.45) is 3.58. The quantitative estimate of drug-likeness (QED) is 0.754. The first-order valence-corrected chi connectivity index (χ1v) is 5.66. The molecule has 15 heavy (non-hydrogen) atoms. The highest BCUT2D eigenvalue weighted by Gasteiger charge is 2.23. The molecular weight excluding hydrogens is 188 g/mol.